The molecule has 5 atom stereocenters. The molecule has 4 fully saturated rings. The second kappa shape index (κ2) is 2.12. The first-order chi connectivity index (χ1) is 6.05. The average molecular weight is 182 g/mol. The highest BCUT2D eigenvalue weighted by atomic mass is 16.6. The zero-order valence-corrected chi connectivity index (χ0v) is 8.42. The van der Waals surface area contributed by atoms with Crippen molar-refractivity contribution in [2.75, 3.05) is 0 Å². The van der Waals surface area contributed by atoms with Crippen LogP contribution in [0.3, 0.4) is 0 Å². The molecule has 1 aliphatic heterocycles. The number of fused-ring (bicyclic) bond motifs is 1. The molecule has 4 aliphatic rings. The summed E-state index contributed by atoms with van der Waals surface area (Å²) in [5.41, 5.74) is 0.381. The summed E-state index contributed by atoms with van der Waals surface area (Å²) in [6, 6.07) is 0. The lowest BCUT2D eigenvalue weighted by atomic mass is 9.41. The van der Waals surface area contributed by atoms with Crippen molar-refractivity contribution in [2.45, 2.75) is 51.4 Å². The second-order valence-electron chi connectivity index (χ2n) is 5.62. The Kier molecular flexibility index (Phi) is 1.34. The highest BCUT2D eigenvalue weighted by Crippen LogP contribution is 2.68. The molecule has 3 aliphatic carbocycles. The average Bonchev–Trinajstić information content (AvgIpc) is 2.00. The first kappa shape index (κ1) is 8.25. The standard InChI is InChI=1S/C11H18O2/c1-10-6-9(12)13-11(2)4-3-7(10)5-8(10)11/h7-9,12H,3-6H2,1-2H3. The Morgan fingerprint density at radius 1 is 1.38 bits per heavy atom. The van der Waals surface area contributed by atoms with Crippen molar-refractivity contribution < 1.29 is 9.84 Å². The Hall–Kier alpha value is -0.0800. The van der Waals surface area contributed by atoms with Gasteiger partial charge in [-0.05, 0) is 43.4 Å². The van der Waals surface area contributed by atoms with E-state index in [0.717, 1.165) is 18.8 Å². The minimum atomic E-state index is -0.505. The Morgan fingerprint density at radius 3 is 2.77 bits per heavy atom. The van der Waals surface area contributed by atoms with Gasteiger partial charge in [0.15, 0.2) is 6.29 Å². The van der Waals surface area contributed by atoms with Gasteiger partial charge in [-0.2, -0.15) is 0 Å². The van der Waals surface area contributed by atoms with E-state index in [9.17, 15) is 5.11 Å². The maximum atomic E-state index is 9.66. The van der Waals surface area contributed by atoms with Gasteiger partial charge in [-0.1, -0.05) is 6.92 Å². The Balaban J connectivity index is 1.99. The summed E-state index contributed by atoms with van der Waals surface area (Å²) in [7, 11) is 0. The lowest BCUT2D eigenvalue weighted by molar-refractivity contribution is -0.335. The SMILES string of the molecule is CC12CCC3CC1C3(C)CC(O)O2. The lowest BCUT2D eigenvalue weighted by Crippen LogP contribution is -2.67. The second-order valence-corrected chi connectivity index (χ2v) is 5.62. The molecule has 0 aromatic rings. The van der Waals surface area contributed by atoms with Gasteiger partial charge in [0, 0.05) is 6.42 Å². The lowest BCUT2D eigenvalue weighted by Gasteiger charge is -2.68. The molecule has 13 heavy (non-hydrogen) atoms. The third-order valence-corrected chi connectivity index (χ3v) is 4.99. The maximum absolute atomic E-state index is 9.66. The van der Waals surface area contributed by atoms with Crippen LogP contribution in [0.15, 0.2) is 0 Å². The molecule has 1 saturated heterocycles. The fourth-order valence-corrected chi connectivity index (χ4v) is 4.16. The highest BCUT2D eigenvalue weighted by Gasteiger charge is 2.65. The number of aliphatic hydroxyl groups is 1. The molecule has 0 aromatic carbocycles. The molecule has 1 heterocycles. The number of hydrogen-bond acceptors (Lipinski definition) is 2. The smallest absolute Gasteiger partial charge is 0.155 e. The van der Waals surface area contributed by atoms with Gasteiger partial charge in [0.05, 0.1) is 5.60 Å². The van der Waals surface area contributed by atoms with Crippen LogP contribution in [-0.2, 0) is 4.74 Å². The fraction of sp³-hybridized carbons (Fsp3) is 1.00. The van der Waals surface area contributed by atoms with Crippen molar-refractivity contribution in [1.29, 1.82) is 0 Å². The number of hydrogen-bond donors (Lipinski definition) is 1. The van der Waals surface area contributed by atoms with Crippen molar-refractivity contribution in [3.8, 4) is 0 Å². The van der Waals surface area contributed by atoms with Crippen molar-refractivity contribution >= 4 is 0 Å². The minimum Gasteiger partial charge on any atom is -0.368 e. The van der Waals surface area contributed by atoms with E-state index >= 15 is 0 Å². The van der Waals surface area contributed by atoms with Gasteiger partial charge in [-0.15, -0.1) is 0 Å². The molecule has 0 spiro atoms. The summed E-state index contributed by atoms with van der Waals surface area (Å²) in [6.45, 7) is 4.53. The van der Waals surface area contributed by atoms with Gasteiger partial charge in [-0.25, -0.2) is 0 Å². The van der Waals surface area contributed by atoms with E-state index in [2.05, 4.69) is 13.8 Å². The van der Waals surface area contributed by atoms with Gasteiger partial charge in [0.2, 0.25) is 0 Å². The summed E-state index contributed by atoms with van der Waals surface area (Å²) in [5.74, 6) is 1.58. The first-order valence-corrected chi connectivity index (χ1v) is 5.40. The molecule has 3 saturated carbocycles. The van der Waals surface area contributed by atoms with Crippen LogP contribution in [0.1, 0.15) is 39.5 Å². The van der Waals surface area contributed by atoms with Crippen LogP contribution < -0.4 is 0 Å². The van der Waals surface area contributed by atoms with Crippen LogP contribution in [0, 0.1) is 17.3 Å². The van der Waals surface area contributed by atoms with Crippen molar-refractivity contribution in [2.24, 2.45) is 17.3 Å². The van der Waals surface area contributed by atoms with Gasteiger partial charge in [0.25, 0.3) is 0 Å². The molecule has 2 nitrogen and oxygen atoms in total. The molecule has 0 aromatic heterocycles. The first-order valence-electron chi connectivity index (χ1n) is 5.40. The predicted molar refractivity (Wildman–Crippen MR) is 49.1 cm³/mol. The Morgan fingerprint density at radius 2 is 2.15 bits per heavy atom. The third kappa shape index (κ3) is 0.816. The molecule has 0 radical (unpaired) electrons. The molecule has 2 heteroatoms. The molecule has 4 bridgehead atoms. The molecular formula is C11H18O2. The number of ether oxygens (including phenoxy) is 1. The van der Waals surface area contributed by atoms with Gasteiger partial charge >= 0.3 is 0 Å². The van der Waals surface area contributed by atoms with E-state index in [1.165, 1.54) is 12.8 Å². The van der Waals surface area contributed by atoms with Crippen LogP contribution in [0.2, 0.25) is 0 Å². The van der Waals surface area contributed by atoms with Crippen LogP contribution in [-0.4, -0.2) is 17.0 Å². The molecular weight excluding hydrogens is 164 g/mol. The largest absolute Gasteiger partial charge is 0.368 e. The molecule has 74 valence electrons. The summed E-state index contributed by atoms with van der Waals surface area (Å²) < 4.78 is 5.72. The van der Waals surface area contributed by atoms with Crippen LogP contribution in [0.4, 0.5) is 0 Å². The third-order valence-electron chi connectivity index (χ3n) is 4.99. The summed E-state index contributed by atoms with van der Waals surface area (Å²) in [6.07, 6.45) is 4.14. The van der Waals surface area contributed by atoms with Crippen LogP contribution in [0.25, 0.3) is 0 Å². The number of aliphatic hydroxyl groups excluding tert-OH is 1. The van der Waals surface area contributed by atoms with E-state index in [1.54, 1.807) is 0 Å². The van der Waals surface area contributed by atoms with Crippen molar-refractivity contribution in [3.63, 3.8) is 0 Å². The molecule has 4 rings (SSSR count). The zero-order chi connectivity index (χ0) is 9.27. The number of rotatable bonds is 0. The fourth-order valence-electron chi connectivity index (χ4n) is 4.16. The predicted octanol–water partition coefficient (Wildman–Crippen LogP) is 1.92. The summed E-state index contributed by atoms with van der Waals surface area (Å²) in [4.78, 5) is 0. The van der Waals surface area contributed by atoms with E-state index < -0.39 is 6.29 Å². The van der Waals surface area contributed by atoms with Crippen LogP contribution in [0.5, 0.6) is 0 Å². The normalized spacial score (nSPS) is 64.4. The maximum Gasteiger partial charge on any atom is 0.155 e. The van der Waals surface area contributed by atoms with Crippen molar-refractivity contribution in [3.05, 3.63) is 0 Å². The van der Waals surface area contributed by atoms with E-state index in [4.69, 9.17) is 4.74 Å². The zero-order valence-electron chi connectivity index (χ0n) is 8.42. The van der Waals surface area contributed by atoms with Gasteiger partial charge < -0.3 is 9.84 Å². The quantitative estimate of drug-likeness (QED) is 0.620. The van der Waals surface area contributed by atoms with Gasteiger partial charge in [0.1, 0.15) is 0 Å². The highest BCUT2D eigenvalue weighted by molar-refractivity contribution is 5.13. The summed E-state index contributed by atoms with van der Waals surface area (Å²) in [5, 5.41) is 9.66. The summed E-state index contributed by atoms with van der Waals surface area (Å²) >= 11 is 0. The monoisotopic (exact) mass is 182 g/mol. The Labute approximate surface area is 79.3 Å². The Bertz CT molecular complexity index is 238. The topological polar surface area (TPSA) is 29.5 Å². The van der Waals surface area contributed by atoms with E-state index in [-0.39, 0.29) is 5.60 Å². The van der Waals surface area contributed by atoms with E-state index in [0.29, 0.717) is 11.3 Å². The van der Waals surface area contributed by atoms with Gasteiger partial charge in [-0.3, -0.25) is 0 Å². The minimum absolute atomic E-state index is 0.0127. The van der Waals surface area contributed by atoms with Crippen LogP contribution >= 0.6 is 0 Å². The van der Waals surface area contributed by atoms with E-state index in [1.807, 2.05) is 0 Å². The molecule has 1 N–H and O–H groups in total. The van der Waals surface area contributed by atoms with Crippen molar-refractivity contribution in [1.82, 2.24) is 0 Å². The molecule has 0 amide bonds. The molecule has 5 unspecified atom stereocenters.